The summed E-state index contributed by atoms with van der Waals surface area (Å²) in [6.07, 6.45) is 0.609. The van der Waals surface area contributed by atoms with Crippen molar-refractivity contribution in [3.63, 3.8) is 0 Å². The van der Waals surface area contributed by atoms with E-state index in [4.69, 9.17) is 0 Å². The highest BCUT2D eigenvalue weighted by Gasteiger charge is 2.21. The summed E-state index contributed by atoms with van der Waals surface area (Å²) >= 11 is 0. The molecule has 0 aliphatic heterocycles. The fraction of sp³-hybridized carbons (Fsp3) is 0.474. The molecule has 0 saturated heterocycles. The lowest BCUT2D eigenvalue weighted by Crippen LogP contribution is -2.51. The van der Waals surface area contributed by atoms with Crippen LogP contribution in [0.4, 0.5) is 0 Å². The number of benzene rings is 1. The predicted octanol–water partition coefficient (Wildman–Crippen LogP) is -0.465. The lowest BCUT2D eigenvalue weighted by molar-refractivity contribution is -0.130. The lowest BCUT2D eigenvalue weighted by atomic mass is 10.1. The lowest BCUT2D eigenvalue weighted by Gasteiger charge is -2.19. The monoisotopic (exact) mass is 376 g/mol. The number of amides is 3. The van der Waals surface area contributed by atoms with Crippen LogP contribution in [0.1, 0.15) is 25.8 Å². The van der Waals surface area contributed by atoms with Gasteiger partial charge in [0.25, 0.3) is 0 Å². The van der Waals surface area contributed by atoms with Crippen molar-refractivity contribution in [1.29, 1.82) is 0 Å². The van der Waals surface area contributed by atoms with Crippen molar-refractivity contribution in [2.45, 2.75) is 32.7 Å². The summed E-state index contributed by atoms with van der Waals surface area (Å²) < 4.78 is 0. The van der Waals surface area contributed by atoms with E-state index in [2.05, 4.69) is 21.3 Å². The molecule has 0 heterocycles. The van der Waals surface area contributed by atoms with Gasteiger partial charge in [-0.3, -0.25) is 19.2 Å². The number of Topliss-reactive ketones (excluding diaryl/α,β-unsaturated/α-hetero) is 1. The summed E-state index contributed by atoms with van der Waals surface area (Å²) in [7, 11) is 0. The fourth-order valence-electron chi connectivity index (χ4n) is 2.22. The zero-order valence-electron chi connectivity index (χ0n) is 15.8. The molecule has 0 radical (unpaired) electrons. The predicted molar refractivity (Wildman–Crippen MR) is 102 cm³/mol. The first kappa shape index (κ1) is 22.3. The number of carbonyl (C=O) groups excluding carboxylic acids is 4. The van der Waals surface area contributed by atoms with Gasteiger partial charge in [0.15, 0.2) is 5.78 Å². The molecule has 3 amide bonds. The zero-order valence-corrected chi connectivity index (χ0v) is 15.8. The molecule has 0 saturated carbocycles. The van der Waals surface area contributed by atoms with Gasteiger partial charge in [0, 0.05) is 12.8 Å². The third-order valence-corrected chi connectivity index (χ3v) is 3.77. The Morgan fingerprint density at radius 1 is 0.889 bits per heavy atom. The zero-order chi connectivity index (χ0) is 20.1. The molecule has 0 spiro atoms. The van der Waals surface area contributed by atoms with Crippen LogP contribution in [0, 0.1) is 0 Å². The molecule has 4 N–H and O–H groups in total. The Labute approximate surface area is 159 Å². The molecular weight excluding hydrogens is 348 g/mol. The van der Waals surface area contributed by atoms with Crippen molar-refractivity contribution in [3.05, 3.63) is 35.9 Å². The third kappa shape index (κ3) is 9.50. The van der Waals surface area contributed by atoms with E-state index in [1.807, 2.05) is 37.3 Å². The van der Waals surface area contributed by atoms with Gasteiger partial charge in [-0.25, -0.2) is 0 Å². The van der Waals surface area contributed by atoms with Crippen LogP contribution in [-0.2, 0) is 25.6 Å². The Morgan fingerprint density at radius 2 is 1.59 bits per heavy atom. The molecule has 1 atom stereocenters. The van der Waals surface area contributed by atoms with Crippen LogP contribution < -0.4 is 21.3 Å². The maximum absolute atomic E-state index is 12.4. The molecule has 1 unspecified atom stereocenters. The summed E-state index contributed by atoms with van der Waals surface area (Å²) in [5.74, 6) is -1.31. The van der Waals surface area contributed by atoms with E-state index in [-0.39, 0.29) is 37.7 Å². The van der Waals surface area contributed by atoms with Gasteiger partial charge >= 0.3 is 0 Å². The van der Waals surface area contributed by atoms with Crippen molar-refractivity contribution < 1.29 is 19.2 Å². The fourth-order valence-corrected chi connectivity index (χ4v) is 2.22. The molecule has 0 aliphatic rings. The standard InChI is InChI=1S/C19H28N4O4/c1-3-15(24)11-22-19(27)16(10-14-8-6-5-7-9-14)23-18(26)13-21-17(25)12-20-4-2/h5-9,16,20H,3-4,10-13H2,1-2H3,(H,21,25)(H,22,27)(H,23,26). The highest BCUT2D eigenvalue weighted by Crippen LogP contribution is 2.03. The second kappa shape index (κ2) is 12.6. The van der Waals surface area contributed by atoms with E-state index in [0.717, 1.165) is 5.56 Å². The van der Waals surface area contributed by atoms with Crippen molar-refractivity contribution in [1.82, 2.24) is 21.3 Å². The average molecular weight is 376 g/mol. The molecule has 0 bridgehead atoms. The number of carbonyl (C=O) groups is 4. The van der Waals surface area contributed by atoms with Gasteiger partial charge in [0.1, 0.15) is 6.04 Å². The number of ketones is 1. The van der Waals surface area contributed by atoms with Gasteiger partial charge in [-0.1, -0.05) is 44.2 Å². The van der Waals surface area contributed by atoms with Crippen molar-refractivity contribution in [3.8, 4) is 0 Å². The minimum atomic E-state index is -0.838. The van der Waals surface area contributed by atoms with E-state index < -0.39 is 17.9 Å². The Bertz CT molecular complexity index is 634. The van der Waals surface area contributed by atoms with Crippen LogP contribution in [0.25, 0.3) is 0 Å². The molecule has 8 heteroatoms. The topological polar surface area (TPSA) is 116 Å². The van der Waals surface area contributed by atoms with Gasteiger partial charge in [0.05, 0.1) is 19.6 Å². The molecule has 0 aliphatic carbocycles. The average Bonchev–Trinajstić information content (AvgIpc) is 2.68. The van der Waals surface area contributed by atoms with Gasteiger partial charge < -0.3 is 21.3 Å². The van der Waals surface area contributed by atoms with E-state index in [1.165, 1.54) is 0 Å². The second-order valence-corrected chi connectivity index (χ2v) is 5.98. The van der Waals surface area contributed by atoms with Crippen molar-refractivity contribution in [2.24, 2.45) is 0 Å². The van der Waals surface area contributed by atoms with Gasteiger partial charge in [-0.05, 0) is 12.1 Å². The Balaban J connectivity index is 2.64. The van der Waals surface area contributed by atoms with E-state index in [1.54, 1.807) is 6.92 Å². The summed E-state index contributed by atoms with van der Waals surface area (Å²) in [5, 5.41) is 10.5. The molecule has 0 fully saturated rings. The quantitative estimate of drug-likeness (QED) is 0.394. The highest BCUT2D eigenvalue weighted by molar-refractivity contribution is 5.92. The van der Waals surface area contributed by atoms with Crippen LogP contribution >= 0.6 is 0 Å². The Kier molecular flexibility index (Phi) is 10.4. The van der Waals surface area contributed by atoms with Crippen LogP contribution in [0.2, 0.25) is 0 Å². The third-order valence-electron chi connectivity index (χ3n) is 3.77. The minimum Gasteiger partial charge on any atom is -0.347 e. The molecular formula is C19H28N4O4. The second-order valence-electron chi connectivity index (χ2n) is 5.98. The Morgan fingerprint density at radius 3 is 2.22 bits per heavy atom. The Hall–Kier alpha value is -2.74. The van der Waals surface area contributed by atoms with Crippen molar-refractivity contribution in [2.75, 3.05) is 26.2 Å². The van der Waals surface area contributed by atoms with Crippen LogP contribution in [0.15, 0.2) is 30.3 Å². The number of nitrogens with one attached hydrogen (secondary N) is 4. The normalized spacial score (nSPS) is 11.3. The minimum absolute atomic E-state index is 0.0735. The first-order valence-electron chi connectivity index (χ1n) is 9.06. The molecule has 0 aromatic heterocycles. The van der Waals surface area contributed by atoms with Gasteiger partial charge in [-0.15, -0.1) is 0 Å². The number of likely N-dealkylation sites (N-methyl/N-ethyl adjacent to an activating group) is 1. The maximum atomic E-state index is 12.4. The van der Waals surface area contributed by atoms with Crippen LogP contribution in [0.5, 0.6) is 0 Å². The number of hydrogen-bond acceptors (Lipinski definition) is 5. The first-order chi connectivity index (χ1) is 13.0. The number of rotatable bonds is 12. The molecule has 8 nitrogen and oxygen atoms in total. The summed E-state index contributed by atoms with van der Waals surface area (Å²) in [6.45, 7) is 4.06. The molecule has 27 heavy (non-hydrogen) atoms. The number of hydrogen-bond donors (Lipinski definition) is 4. The maximum Gasteiger partial charge on any atom is 0.243 e. The molecule has 1 aromatic rings. The smallest absolute Gasteiger partial charge is 0.243 e. The largest absolute Gasteiger partial charge is 0.347 e. The molecule has 1 rings (SSSR count). The molecule has 1 aromatic carbocycles. The summed E-state index contributed by atoms with van der Waals surface area (Å²) in [5.41, 5.74) is 0.871. The summed E-state index contributed by atoms with van der Waals surface area (Å²) in [6, 6.07) is 8.40. The van der Waals surface area contributed by atoms with E-state index in [9.17, 15) is 19.2 Å². The first-order valence-corrected chi connectivity index (χ1v) is 9.06. The van der Waals surface area contributed by atoms with Gasteiger partial charge in [-0.2, -0.15) is 0 Å². The summed E-state index contributed by atoms with van der Waals surface area (Å²) in [4.78, 5) is 47.5. The van der Waals surface area contributed by atoms with E-state index in [0.29, 0.717) is 13.0 Å². The van der Waals surface area contributed by atoms with Gasteiger partial charge in [0.2, 0.25) is 17.7 Å². The highest BCUT2D eigenvalue weighted by atomic mass is 16.2. The van der Waals surface area contributed by atoms with Crippen LogP contribution in [0.3, 0.4) is 0 Å². The molecule has 148 valence electrons. The van der Waals surface area contributed by atoms with Crippen molar-refractivity contribution >= 4 is 23.5 Å². The SMILES string of the molecule is CCNCC(=O)NCC(=O)NC(Cc1ccccc1)C(=O)NCC(=O)CC. The van der Waals surface area contributed by atoms with Crippen LogP contribution in [-0.4, -0.2) is 55.7 Å². The van der Waals surface area contributed by atoms with E-state index >= 15 is 0 Å².